The Morgan fingerprint density at radius 1 is 1.00 bits per heavy atom. The zero-order valence-corrected chi connectivity index (χ0v) is 14.9. The van der Waals surface area contributed by atoms with Gasteiger partial charge in [-0.25, -0.2) is 9.59 Å². The molecular weight excluding hydrogens is 326 g/mol. The Hall–Kier alpha value is -2.57. The van der Waals surface area contributed by atoms with Crippen molar-refractivity contribution in [3.8, 4) is 5.75 Å². The minimum atomic E-state index is -1.86. The van der Waals surface area contributed by atoms with Gasteiger partial charge in [-0.1, -0.05) is 18.2 Å². The van der Waals surface area contributed by atoms with Gasteiger partial charge in [-0.3, -0.25) is 4.79 Å². The second-order valence-electron chi connectivity index (χ2n) is 5.29. The lowest BCUT2D eigenvalue weighted by Crippen LogP contribution is -2.61. The lowest BCUT2D eigenvalue weighted by Gasteiger charge is -2.29. The number of carbonyl (C=O) groups is 3. The summed E-state index contributed by atoms with van der Waals surface area (Å²) in [5, 5.41) is 2.42. The lowest BCUT2D eigenvalue weighted by atomic mass is 9.93. The molecule has 1 aromatic rings. The summed E-state index contributed by atoms with van der Waals surface area (Å²) in [6, 6.07) is 9.16. The summed E-state index contributed by atoms with van der Waals surface area (Å²) in [4.78, 5) is 36.4. The molecule has 1 aromatic carbocycles. The Morgan fingerprint density at radius 3 is 2.04 bits per heavy atom. The molecule has 7 heteroatoms. The molecule has 1 rings (SSSR count). The standard InChI is InChI=1S/C18H25NO6/c1-4-23-16(21)18(19-14(3)20,17(22)24-5-2)12-9-13-25-15-10-7-6-8-11-15/h6-8,10-11H,4-5,9,12-13H2,1-3H3,(H,19,20). The van der Waals surface area contributed by atoms with Crippen LogP contribution in [0.1, 0.15) is 33.6 Å². The van der Waals surface area contributed by atoms with E-state index in [0.717, 1.165) is 0 Å². The van der Waals surface area contributed by atoms with Gasteiger partial charge >= 0.3 is 11.9 Å². The third-order valence-electron chi connectivity index (χ3n) is 3.35. The number of ether oxygens (including phenoxy) is 3. The summed E-state index contributed by atoms with van der Waals surface area (Å²) in [5.41, 5.74) is -1.86. The van der Waals surface area contributed by atoms with E-state index in [1.54, 1.807) is 26.0 Å². The molecule has 0 saturated heterocycles. The fourth-order valence-corrected chi connectivity index (χ4v) is 2.31. The minimum Gasteiger partial charge on any atom is -0.494 e. The Labute approximate surface area is 147 Å². The second kappa shape index (κ2) is 10.3. The van der Waals surface area contributed by atoms with Gasteiger partial charge < -0.3 is 19.5 Å². The third kappa shape index (κ3) is 6.10. The topological polar surface area (TPSA) is 90.9 Å². The average molecular weight is 351 g/mol. The first-order chi connectivity index (χ1) is 12.0. The van der Waals surface area contributed by atoms with Crippen molar-refractivity contribution in [3.05, 3.63) is 30.3 Å². The van der Waals surface area contributed by atoms with E-state index in [4.69, 9.17) is 14.2 Å². The van der Waals surface area contributed by atoms with Gasteiger partial charge in [0, 0.05) is 6.92 Å². The van der Waals surface area contributed by atoms with Crippen LogP contribution in [0.3, 0.4) is 0 Å². The van der Waals surface area contributed by atoms with Crippen LogP contribution in [0.25, 0.3) is 0 Å². The molecular formula is C18H25NO6. The molecule has 0 aromatic heterocycles. The molecule has 0 bridgehead atoms. The van der Waals surface area contributed by atoms with Gasteiger partial charge in [-0.15, -0.1) is 0 Å². The van der Waals surface area contributed by atoms with Gasteiger partial charge in [0.05, 0.1) is 19.8 Å². The molecule has 0 atom stereocenters. The van der Waals surface area contributed by atoms with Crippen LogP contribution < -0.4 is 10.1 Å². The van der Waals surface area contributed by atoms with Crippen LogP contribution >= 0.6 is 0 Å². The molecule has 0 saturated carbocycles. The average Bonchev–Trinajstić information content (AvgIpc) is 2.58. The van der Waals surface area contributed by atoms with Gasteiger partial charge in [0.15, 0.2) is 0 Å². The summed E-state index contributed by atoms with van der Waals surface area (Å²) in [6.45, 7) is 4.91. The van der Waals surface area contributed by atoms with Gasteiger partial charge in [0.2, 0.25) is 11.4 Å². The van der Waals surface area contributed by atoms with Gasteiger partial charge in [-0.2, -0.15) is 0 Å². The number of carbonyl (C=O) groups excluding carboxylic acids is 3. The highest BCUT2D eigenvalue weighted by Gasteiger charge is 2.49. The molecule has 1 amide bonds. The Kier molecular flexibility index (Phi) is 8.46. The predicted octanol–water partition coefficient (Wildman–Crippen LogP) is 1.85. The van der Waals surface area contributed by atoms with Crippen LogP contribution in [0.15, 0.2) is 30.3 Å². The fraction of sp³-hybridized carbons (Fsp3) is 0.500. The van der Waals surface area contributed by atoms with Crippen molar-refractivity contribution < 1.29 is 28.6 Å². The largest absolute Gasteiger partial charge is 0.494 e. The summed E-state index contributed by atoms with van der Waals surface area (Å²) in [6.07, 6.45) is 0.351. The van der Waals surface area contributed by atoms with Gasteiger partial charge in [-0.05, 0) is 38.8 Å². The van der Waals surface area contributed by atoms with Crippen LogP contribution in [-0.4, -0.2) is 43.2 Å². The van der Waals surface area contributed by atoms with Crippen molar-refractivity contribution in [1.82, 2.24) is 5.32 Å². The number of hydrogen-bond donors (Lipinski definition) is 1. The number of hydrogen-bond acceptors (Lipinski definition) is 6. The number of rotatable bonds is 10. The summed E-state index contributed by atoms with van der Waals surface area (Å²) >= 11 is 0. The van der Waals surface area contributed by atoms with Crippen LogP contribution in [0.2, 0.25) is 0 Å². The highest BCUT2D eigenvalue weighted by atomic mass is 16.6. The number of para-hydroxylation sites is 1. The SMILES string of the molecule is CCOC(=O)C(CCCOc1ccccc1)(NC(C)=O)C(=O)OCC. The maximum atomic E-state index is 12.4. The molecule has 0 fully saturated rings. The lowest BCUT2D eigenvalue weighted by molar-refractivity contribution is -0.168. The molecule has 25 heavy (non-hydrogen) atoms. The molecule has 0 aliphatic carbocycles. The summed E-state index contributed by atoms with van der Waals surface area (Å²) < 4.78 is 15.6. The van der Waals surface area contributed by atoms with E-state index in [1.165, 1.54) is 6.92 Å². The molecule has 0 aliphatic rings. The first kappa shape index (κ1) is 20.5. The van der Waals surface area contributed by atoms with Crippen molar-refractivity contribution >= 4 is 17.8 Å². The zero-order valence-electron chi connectivity index (χ0n) is 14.9. The van der Waals surface area contributed by atoms with E-state index in [2.05, 4.69) is 5.32 Å². The van der Waals surface area contributed by atoms with Gasteiger partial charge in [0.1, 0.15) is 5.75 Å². The first-order valence-electron chi connectivity index (χ1n) is 8.27. The predicted molar refractivity (Wildman–Crippen MR) is 91.0 cm³/mol. The molecule has 0 aliphatic heterocycles. The summed E-state index contributed by atoms with van der Waals surface area (Å²) in [7, 11) is 0. The fourth-order valence-electron chi connectivity index (χ4n) is 2.31. The number of benzene rings is 1. The second-order valence-corrected chi connectivity index (χ2v) is 5.29. The normalized spacial score (nSPS) is 10.7. The monoisotopic (exact) mass is 351 g/mol. The Bertz CT molecular complexity index is 554. The minimum absolute atomic E-state index is 0.0110. The third-order valence-corrected chi connectivity index (χ3v) is 3.35. The van der Waals surface area contributed by atoms with Crippen molar-refractivity contribution in [2.75, 3.05) is 19.8 Å². The maximum Gasteiger partial charge on any atom is 0.343 e. The molecule has 0 unspecified atom stereocenters. The number of nitrogens with one attached hydrogen (secondary N) is 1. The molecule has 7 nitrogen and oxygen atoms in total. The molecule has 0 heterocycles. The smallest absolute Gasteiger partial charge is 0.343 e. The molecule has 0 spiro atoms. The summed E-state index contributed by atoms with van der Waals surface area (Å²) in [5.74, 6) is -1.50. The number of esters is 2. The van der Waals surface area contributed by atoms with Crippen molar-refractivity contribution in [2.24, 2.45) is 0 Å². The van der Waals surface area contributed by atoms with E-state index >= 15 is 0 Å². The van der Waals surface area contributed by atoms with E-state index in [1.807, 2.05) is 18.2 Å². The van der Waals surface area contributed by atoms with Crippen molar-refractivity contribution in [1.29, 1.82) is 0 Å². The van der Waals surface area contributed by atoms with Crippen LogP contribution in [0.5, 0.6) is 5.75 Å². The van der Waals surface area contributed by atoms with Crippen molar-refractivity contribution in [3.63, 3.8) is 0 Å². The molecule has 0 radical (unpaired) electrons. The zero-order chi connectivity index (χ0) is 18.7. The van der Waals surface area contributed by atoms with Crippen LogP contribution in [0, 0.1) is 0 Å². The maximum absolute atomic E-state index is 12.4. The first-order valence-corrected chi connectivity index (χ1v) is 8.27. The Morgan fingerprint density at radius 2 is 1.56 bits per heavy atom. The van der Waals surface area contributed by atoms with E-state index in [-0.39, 0.29) is 26.2 Å². The molecule has 1 N–H and O–H groups in total. The highest BCUT2D eigenvalue weighted by Crippen LogP contribution is 2.19. The van der Waals surface area contributed by atoms with Crippen molar-refractivity contribution in [2.45, 2.75) is 39.2 Å². The van der Waals surface area contributed by atoms with E-state index < -0.39 is 23.4 Å². The van der Waals surface area contributed by atoms with E-state index in [0.29, 0.717) is 12.2 Å². The van der Waals surface area contributed by atoms with E-state index in [9.17, 15) is 14.4 Å². The quantitative estimate of drug-likeness (QED) is 0.393. The van der Waals surface area contributed by atoms with Crippen LogP contribution in [-0.2, 0) is 23.9 Å². The highest BCUT2D eigenvalue weighted by molar-refractivity contribution is 6.07. The Balaban J connectivity index is 2.84. The number of amides is 1. The van der Waals surface area contributed by atoms with Crippen LogP contribution in [0.4, 0.5) is 0 Å². The molecule has 138 valence electrons. The van der Waals surface area contributed by atoms with Gasteiger partial charge in [0.25, 0.3) is 0 Å².